The first-order valence-electron chi connectivity index (χ1n) is 3.17. The molecule has 0 fully saturated rings. The van der Waals surface area contributed by atoms with Crippen molar-refractivity contribution in [2.45, 2.75) is 6.92 Å². The second-order valence-electron chi connectivity index (χ2n) is 2.17. The van der Waals surface area contributed by atoms with Crippen LogP contribution in [0.15, 0.2) is 21.7 Å². The van der Waals surface area contributed by atoms with E-state index in [0.717, 1.165) is 6.08 Å². The smallest absolute Gasteiger partial charge is 0.340 e. The van der Waals surface area contributed by atoms with Gasteiger partial charge in [0, 0.05) is 0 Å². The number of furan rings is 1. The van der Waals surface area contributed by atoms with E-state index in [1.165, 1.54) is 0 Å². The lowest BCUT2D eigenvalue weighted by molar-refractivity contribution is -0.410. The third-order valence-corrected chi connectivity index (χ3v) is 1.44. The van der Waals surface area contributed by atoms with Crippen molar-refractivity contribution in [3.05, 3.63) is 38.9 Å². The molecule has 0 aliphatic rings. The summed E-state index contributed by atoms with van der Waals surface area (Å²) in [5.41, 5.74) is 0. The predicted molar refractivity (Wildman–Crippen MR) is 44.3 cm³/mol. The van der Waals surface area contributed by atoms with E-state index in [4.69, 9.17) is 16.0 Å². The van der Waals surface area contributed by atoms with Crippen LogP contribution in [-0.4, -0.2) is 4.92 Å². The van der Waals surface area contributed by atoms with Crippen LogP contribution in [0.25, 0.3) is 6.08 Å². The molecule has 64 valence electrons. The zero-order valence-corrected chi connectivity index (χ0v) is 7.04. The Morgan fingerprint density at radius 3 is 2.83 bits per heavy atom. The largest absolute Gasteiger partial charge is 0.462 e. The fourth-order valence-electron chi connectivity index (χ4n) is 0.701. The number of hydrogen-bond acceptors (Lipinski definition) is 3. The van der Waals surface area contributed by atoms with Crippen LogP contribution in [0.5, 0.6) is 0 Å². The maximum Gasteiger partial charge on any atom is 0.340 e. The Morgan fingerprint density at radius 1 is 1.75 bits per heavy atom. The highest BCUT2D eigenvalue weighted by Crippen LogP contribution is 2.13. The number of nitrogens with zero attached hydrogens (tertiary/aromatic N) is 1. The molecule has 0 aliphatic heterocycles. The summed E-state index contributed by atoms with van der Waals surface area (Å²) in [4.78, 5) is 9.39. The first-order valence-corrected chi connectivity index (χ1v) is 3.55. The van der Waals surface area contributed by atoms with Crippen LogP contribution in [0.4, 0.5) is 0 Å². The molecular weight excluding hydrogens is 182 g/mol. The highest BCUT2D eigenvalue weighted by Gasteiger charge is 2.06. The highest BCUT2D eigenvalue weighted by atomic mass is 35.5. The van der Waals surface area contributed by atoms with Crippen LogP contribution in [0, 0.1) is 17.0 Å². The monoisotopic (exact) mass is 187 g/mol. The van der Waals surface area contributed by atoms with Crippen molar-refractivity contribution in [2.75, 3.05) is 0 Å². The zero-order valence-electron chi connectivity index (χ0n) is 6.28. The van der Waals surface area contributed by atoms with Crippen LogP contribution < -0.4 is 0 Å². The van der Waals surface area contributed by atoms with E-state index in [2.05, 4.69) is 0 Å². The fourth-order valence-corrected chi connectivity index (χ4v) is 0.809. The number of hydrogen-bond donors (Lipinski definition) is 0. The molecule has 0 spiro atoms. The van der Waals surface area contributed by atoms with Crippen molar-refractivity contribution in [2.24, 2.45) is 0 Å². The number of nitro groups is 1. The summed E-state index contributed by atoms with van der Waals surface area (Å²) >= 11 is 5.26. The average Bonchev–Trinajstić information content (AvgIpc) is 2.35. The first kappa shape index (κ1) is 8.80. The molecule has 0 saturated carbocycles. The molecule has 5 heteroatoms. The molecule has 1 rings (SSSR count). The highest BCUT2D eigenvalue weighted by molar-refractivity contribution is 6.29. The van der Waals surface area contributed by atoms with Crippen LogP contribution >= 0.6 is 11.6 Å². The minimum Gasteiger partial charge on any atom is -0.462 e. The van der Waals surface area contributed by atoms with Crippen LogP contribution in [0.1, 0.15) is 11.5 Å². The lowest BCUT2D eigenvalue weighted by Gasteiger charge is -1.85. The summed E-state index contributed by atoms with van der Waals surface area (Å²) in [5.74, 6) is 1.07. The molecule has 12 heavy (non-hydrogen) atoms. The van der Waals surface area contributed by atoms with E-state index >= 15 is 0 Å². The molecule has 0 atom stereocenters. The lowest BCUT2D eigenvalue weighted by atomic mass is 10.4. The second kappa shape index (κ2) is 3.40. The van der Waals surface area contributed by atoms with Crippen molar-refractivity contribution < 1.29 is 9.34 Å². The van der Waals surface area contributed by atoms with Gasteiger partial charge in [0.1, 0.15) is 11.5 Å². The molecule has 0 bridgehead atoms. The third-order valence-electron chi connectivity index (χ3n) is 1.20. The Bertz CT molecular complexity index is 329. The second-order valence-corrected chi connectivity index (χ2v) is 2.56. The van der Waals surface area contributed by atoms with E-state index in [1.807, 2.05) is 0 Å². The summed E-state index contributed by atoms with van der Waals surface area (Å²) in [6.45, 7) is 1.75. The summed E-state index contributed by atoms with van der Waals surface area (Å²) in [6, 6.07) is 3.32. The summed E-state index contributed by atoms with van der Waals surface area (Å²) in [5, 5.41) is 9.62. The van der Waals surface area contributed by atoms with Crippen LogP contribution in [-0.2, 0) is 0 Å². The topological polar surface area (TPSA) is 56.3 Å². The van der Waals surface area contributed by atoms with Crippen LogP contribution in [0.3, 0.4) is 0 Å². The lowest BCUT2D eigenvalue weighted by Crippen LogP contribution is -1.89. The quantitative estimate of drug-likeness (QED) is 0.406. The molecular formula is C7H6ClNO3. The molecule has 0 amide bonds. The molecule has 0 saturated heterocycles. The Balaban J connectivity index is 2.87. The van der Waals surface area contributed by atoms with E-state index in [0.29, 0.717) is 11.5 Å². The molecule has 0 radical (unpaired) electrons. The van der Waals surface area contributed by atoms with E-state index in [-0.39, 0.29) is 0 Å². The van der Waals surface area contributed by atoms with Gasteiger partial charge in [-0.05, 0) is 30.7 Å². The number of rotatable bonds is 2. The van der Waals surface area contributed by atoms with Crippen molar-refractivity contribution in [3.8, 4) is 0 Å². The summed E-state index contributed by atoms with van der Waals surface area (Å²) < 4.78 is 5.04. The molecule has 1 aromatic rings. The van der Waals surface area contributed by atoms with Crippen molar-refractivity contribution in [3.63, 3.8) is 0 Å². The van der Waals surface area contributed by atoms with Gasteiger partial charge in [-0.15, -0.1) is 0 Å². The molecule has 0 unspecified atom stereocenters. The van der Waals surface area contributed by atoms with Gasteiger partial charge in [0.25, 0.3) is 0 Å². The Kier molecular flexibility index (Phi) is 2.50. The molecule has 1 heterocycles. The maximum absolute atomic E-state index is 10.1. The Labute approximate surface area is 73.6 Å². The van der Waals surface area contributed by atoms with Crippen molar-refractivity contribution >= 4 is 17.7 Å². The van der Waals surface area contributed by atoms with Gasteiger partial charge in [-0.2, -0.15) is 0 Å². The van der Waals surface area contributed by atoms with Gasteiger partial charge in [-0.3, -0.25) is 10.1 Å². The Hall–Kier alpha value is -1.29. The van der Waals surface area contributed by atoms with E-state index in [1.54, 1.807) is 19.1 Å². The third kappa shape index (κ3) is 2.10. The number of halogens is 1. The van der Waals surface area contributed by atoms with Gasteiger partial charge in [0.05, 0.1) is 11.0 Å². The van der Waals surface area contributed by atoms with Gasteiger partial charge >= 0.3 is 5.16 Å². The van der Waals surface area contributed by atoms with E-state index in [9.17, 15) is 10.1 Å². The minimum atomic E-state index is -0.681. The van der Waals surface area contributed by atoms with Gasteiger partial charge in [-0.25, -0.2) is 0 Å². The molecule has 0 aliphatic carbocycles. The van der Waals surface area contributed by atoms with E-state index < -0.39 is 10.1 Å². The zero-order chi connectivity index (χ0) is 9.14. The first-order chi connectivity index (χ1) is 5.59. The van der Waals surface area contributed by atoms with Crippen molar-refractivity contribution in [1.82, 2.24) is 0 Å². The Morgan fingerprint density at radius 2 is 2.42 bits per heavy atom. The minimum absolute atomic E-state index is 0.384. The molecule has 0 aromatic carbocycles. The normalized spacial score (nSPS) is 11.7. The van der Waals surface area contributed by atoms with Gasteiger partial charge in [0.2, 0.25) is 0 Å². The maximum atomic E-state index is 10.1. The van der Waals surface area contributed by atoms with Gasteiger partial charge < -0.3 is 4.42 Å². The molecule has 0 N–H and O–H groups in total. The number of aryl methyl sites for hydroxylation is 1. The standard InChI is InChI=1S/C7H6ClNO3/c1-5-2-3-6(12-5)4-7(8)9(10)11/h2-4H,1H3/b7-4+. The fraction of sp³-hybridized carbons (Fsp3) is 0.143. The summed E-state index contributed by atoms with van der Waals surface area (Å²) in [6.07, 6.45) is 1.16. The average molecular weight is 188 g/mol. The molecule has 4 nitrogen and oxygen atoms in total. The SMILES string of the molecule is Cc1ccc(/C=C(\Cl)[N+](=O)[O-])o1. The van der Waals surface area contributed by atoms with Crippen LogP contribution in [0.2, 0.25) is 0 Å². The van der Waals surface area contributed by atoms with Gasteiger partial charge in [0.15, 0.2) is 0 Å². The predicted octanol–water partition coefficient (Wildman–Crippen LogP) is 2.40. The molecule has 1 aromatic heterocycles. The van der Waals surface area contributed by atoms with Crippen molar-refractivity contribution in [1.29, 1.82) is 0 Å². The summed E-state index contributed by atoms with van der Waals surface area (Å²) in [7, 11) is 0. The van der Waals surface area contributed by atoms with Gasteiger partial charge in [-0.1, -0.05) is 0 Å².